The molecule has 1 aliphatic heterocycles. The number of primary sulfonamides is 1. The van der Waals surface area contributed by atoms with Crippen LogP contribution in [0.15, 0.2) is 29.2 Å². The first-order valence-electron chi connectivity index (χ1n) is 7.16. The number of amides is 1. The SMILES string of the molecule is C[C@H](C(=O)Nc1ccc(S(N)(=O)=O)cc1)[NH+]1CCCCC1. The lowest BCUT2D eigenvalue weighted by atomic mass is 10.1. The average molecular weight is 312 g/mol. The van der Waals surface area contributed by atoms with E-state index < -0.39 is 10.0 Å². The molecule has 1 aromatic rings. The summed E-state index contributed by atoms with van der Waals surface area (Å²) in [5.74, 6) is -0.0461. The maximum atomic E-state index is 12.2. The van der Waals surface area contributed by atoms with E-state index in [1.165, 1.54) is 23.5 Å². The number of quaternary nitrogens is 1. The van der Waals surface area contributed by atoms with Crippen molar-refractivity contribution in [2.24, 2.45) is 5.14 Å². The van der Waals surface area contributed by atoms with E-state index in [1.54, 1.807) is 12.1 Å². The molecule has 1 amide bonds. The highest BCUT2D eigenvalue weighted by Crippen LogP contribution is 2.12. The maximum absolute atomic E-state index is 12.2. The summed E-state index contributed by atoms with van der Waals surface area (Å²) in [4.78, 5) is 13.6. The lowest BCUT2D eigenvalue weighted by Gasteiger charge is -2.28. The first-order valence-corrected chi connectivity index (χ1v) is 8.71. The van der Waals surface area contributed by atoms with Crippen molar-refractivity contribution in [3.05, 3.63) is 24.3 Å². The lowest BCUT2D eigenvalue weighted by molar-refractivity contribution is -0.918. The van der Waals surface area contributed by atoms with Crippen LogP contribution in [0.3, 0.4) is 0 Å². The molecule has 0 unspecified atom stereocenters. The summed E-state index contributed by atoms with van der Waals surface area (Å²) in [6, 6.07) is 5.78. The van der Waals surface area contributed by atoms with Crippen LogP contribution in [0.4, 0.5) is 5.69 Å². The standard InChI is InChI=1S/C14H21N3O3S/c1-11(17-9-3-2-4-10-17)14(18)16-12-5-7-13(8-6-12)21(15,19)20/h5-8,11H,2-4,9-10H2,1H3,(H,16,18)(H2,15,19,20)/p+1/t11-/m1/s1. The third-order valence-corrected chi connectivity index (χ3v) is 4.88. The Hall–Kier alpha value is -1.44. The third-order valence-electron chi connectivity index (χ3n) is 3.95. The number of anilines is 1. The highest BCUT2D eigenvalue weighted by Gasteiger charge is 2.26. The highest BCUT2D eigenvalue weighted by atomic mass is 32.2. The van der Waals surface area contributed by atoms with E-state index in [2.05, 4.69) is 5.32 Å². The Kier molecular flexibility index (Phi) is 4.97. The summed E-state index contributed by atoms with van der Waals surface area (Å²) in [7, 11) is -3.70. The average Bonchev–Trinajstić information content (AvgIpc) is 2.47. The maximum Gasteiger partial charge on any atom is 0.282 e. The number of benzene rings is 1. The van der Waals surface area contributed by atoms with Crippen molar-refractivity contribution in [1.82, 2.24) is 0 Å². The minimum Gasteiger partial charge on any atom is -0.325 e. The van der Waals surface area contributed by atoms with Crippen molar-refractivity contribution < 1.29 is 18.1 Å². The van der Waals surface area contributed by atoms with Gasteiger partial charge in [-0.05, 0) is 50.5 Å². The van der Waals surface area contributed by atoms with Crippen LogP contribution in [0.5, 0.6) is 0 Å². The number of hydrogen-bond acceptors (Lipinski definition) is 3. The Morgan fingerprint density at radius 3 is 2.29 bits per heavy atom. The van der Waals surface area contributed by atoms with Crippen molar-refractivity contribution in [2.45, 2.75) is 37.1 Å². The molecule has 1 heterocycles. The van der Waals surface area contributed by atoms with Gasteiger partial charge in [-0.15, -0.1) is 0 Å². The zero-order valence-corrected chi connectivity index (χ0v) is 12.9. The summed E-state index contributed by atoms with van der Waals surface area (Å²) in [5, 5.41) is 7.86. The van der Waals surface area contributed by atoms with E-state index in [1.807, 2.05) is 6.92 Å². The van der Waals surface area contributed by atoms with E-state index in [0.29, 0.717) is 5.69 Å². The van der Waals surface area contributed by atoms with Gasteiger partial charge in [0.05, 0.1) is 18.0 Å². The largest absolute Gasteiger partial charge is 0.325 e. The van der Waals surface area contributed by atoms with E-state index in [4.69, 9.17) is 5.14 Å². The summed E-state index contributed by atoms with van der Waals surface area (Å²) >= 11 is 0. The molecular formula is C14H22N3O3S+. The van der Waals surface area contributed by atoms with Crippen LogP contribution in [-0.2, 0) is 14.8 Å². The molecule has 0 radical (unpaired) electrons. The number of rotatable bonds is 4. The lowest BCUT2D eigenvalue weighted by Crippen LogP contribution is -3.17. The summed E-state index contributed by atoms with van der Waals surface area (Å²) in [6.45, 7) is 3.98. The smallest absolute Gasteiger partial charge is 0.282 e. The number of carbonyl (C=O) groups is 1. The van der Waals surface area contributed by atoms with E-state index in [9.17, 15) is 13.2 Å². The number of nitrogens with one attached hydrogen (secondary N) is 2. The van der Waals surface area contributed by atoms with Crippen LogP contribution in [-0.4, -0.2) is 33.5 Å². The molecule has 6 nitrogen and oxygen atoms in total. The number of piperidine rings is 1. The van der Waals surface area contributed by atoms with E-state index in [0.717, 1.165) is 25.9 Å². The van der Waals surface area contributed by atoms with Gasteiger partial charge in [-0.3, -0.25) is 4.79 Å². The Labute approximate surface area is 125 Å². The number of sulfonamides is 1. The molecule has 2 rings (SSSR count). The molecule has 4 N–H and O–H groups in total. The van der Waals surface area contributed by atoms with Crippen LogP contribution in [0.25, 0.3) is 0 Å². The Bertz CT molecular complexity index is 592. The van der Waals surface area contributed by atoms with E-state index in [-0.39, 0.29) is 16.8 Å². The zero-order valence-electron chi connectivity index (χ0n) is 12.1. The van der Waals surface area contributed by atoms with Gasteiger partial charge < -0.3 is 10.2 Å². The van der Waals surface area contributed by atoms with Gasteiger partial charge in [0, 0.05) is 5.69 Å². The molecule has 0 spiro atoms. The third kappa shape index (κ3) is 4.26. The second-order valence-electron chi connectivity index (χ2n) is 5.50. The van der Waals surface area contributed by atoms with E-state index >= 15 is 0 Å². The molecule has 1 saturated heterocycles. The van der Waals surface area contributed by atoms with Crippen molar-refractivity contribution >= 4 is 21.6 Å². The van der Waals surface area contributed by atoms with Gasteiger partial charge in [-0.25, -0.2) is 13.6 Å². The fourth-order valence-corrected chi connectivity index (χ4v) is 3.12. The molecular weight excluding hydrogens is 290 g/mol. The predicted molar refractivity (Wildman–Crippen MR) is 80.5 cm³/mol. The normalized spacial score (nSPS) is 18.2. The number of carbonyl (C=O) groups excluding carboxylic acids is 1. The van der Waals surface area contributed by atoms with Gasteiger partial charge in [0.1, 0.15) is 0 Å². The Morgan fingerprint density at radius 1 is 1.19 bits per heavy atom. The van der Waals surface area contributed by atoms with Gasteiger partial charge in [-0.2, -0.15) is 0 Å². The van der Waals surface area contributed by atoms with Crippen molar-refractivity contribution in [1.29, 1.82) is 0 Å². The first-order chi connectivity index (χ1) is 9.88. The number of hydrogen-bond donors (Lipinski definition) is 3. The van der Waals surface area contributed by atoms with Crippen LogP contribution in [0.1, 0.15) is 26.2 Å². The molecule has 0 aliphatic carbocycles. The summed E-state index contributed by atoms with van der Waals surface area (Å²) in [5.41, 5.74) is 0.579. The Morgan fingerprint density at radius 2 is 1.76 bits per heavy atom. The van der Waals surface area contributed by atoms with Gasteiger partial charge in [0.2, 0.25) is 10.0 Å². The molecule has 116 valence electrons. The second kappa shape index (κ2) is 6.55. The quantitative estimate of drug-likeness (QED) is 0.714. The first kappa shape index (κ1) is 15.9. The van der Waals surface area contributed by atoms with Gasteiger partial charge in [0.15, 0.2) is 6.04 Å². The minimum atomic E-state index is -3.70. The molecule has 0 aromatic heterocycles. The van der Waals surface area contributed by atoms with Crippen LogP contribution in [0, 0.1) is 0 Å². The van der Waals surface area contributed by atoms with Crippen molar-refractivity contribution in [2.75, 3.05) is 18.4 Å². The molecule has 7 heteroatoms. The minimum absolute atomic E-state index is 0.0372. The summed E-state index contributed by atoms with van der Waals surface area (Å²) < 4.78 is 22.3. The molecule has 21 heavy (non-hydrogen) atoms. The predicted octanol–water partition coefficient (Wildman–Crippen LogP) is -0.270. The fraction of sp³-hybridized carbons (Fsp3) is 0.500. The molecule has 0 bridgehead atoms. The van der Waals surface area contributed by atoms with Crippen LogP contribution < -0.4 is 15.4 Å². The van der Waals surface area contributed by atoms with Crippen LogP contribution in [0.2, 0.25) is 0 Å². The number of likely N-dealkylation sites (tertiary alicyclic amines) is 1. The summed E-state index contributed by atoms with van der Waals surface area (Å²) in [6.07, 6.45) is 3.57. The van der Waals surface area contributed by atoms with Crippen molar-refractivity contribution in [3.63, 3.8) is 0 Å². The molecule has 1 atom stereocenters. The molecule has 1 aliphatic rings. The second-order valence-corrected chi connectivity index (χ2v) is 7.06. The Balaban J connectivity index is 1.99. The fourth-order valence-electron chi connectivity index (χ4n) is 2.60. The van der Waals surface area contributed by atoms with Gasteiger partial charge >= 0.3 is 0 Å². The van der Waals surface area contributed by atoms with Crippen LogP contribution >= 0.6 is 0 Å². The zero-order chi connectivity index (χ0) is 15.5. The van der Waals surface area contributed by atoms with Gasteiger partial charge in [0.25, 0.3) is 5.91 Å². The number of nitrogens with two attached hydrogens (primary N) is 1. The molecule has 0 saturated carbocycles. The van der Waals surface area contributed by atoms with Gasteiger partial charge in [-0.1, -0.05) is 0 Å². The van der Waals surface area contributed by atoms with Crippen molar-refractivity contribution in [3.8, 4) is 0 Å². The molecule has 1 fully saturated rings. The monoisotopic (exact) mass is 312 g/mol. The highest BCUT2D eigenvalue weighted by molar-refractivity contribution is 7.89. The topological polar surface area (TPSA) is 93.7 Å². The molecule has 1 aromatic carbocycles.